The Bertz CT molecular complexity index is 1090. The molecule has 2 heterocycles. The number of nitrogens with one attached hydrogen (secondary N) is 2. The first-order valence-electron chi connectivity index (χ1n) is 13.0. The summed E-state index contributed by atoms with van der Waals surface area (Å²) in [6, 6.07) is 6.36. The summed E-state index contributed by atoms with van der Waals surface area (Å²) in [6.07, 6.45) is 2.06. The van der Waals surface area contributed by atoms with Crippen molar-refractivity contribution >= 4 is 29.1 Å². The van der Waals surface area contributed by atoms with Crippen molar-refractivity contribution < 1.29 is 19.5 Å². The number of aromatic nitrogens is 1. The third kappa shape index (κ3) is 7.17. The fourth-order valence-corrected chi connectivity index (χ4v) is 5.58. The first kappa shape index (κ1) is 28.8. The Kier molecular flexibility index (Phi) is 9.47. The lowest BCUT2D eigenvalue weighted by Crippen LogP contribution is -2.57. The van der Waals surface area contributed by atoms with Crippen LogP contribution in [0.5, 0.6) is 0 Å². The molecule has 0 radical (unpaired) electrons. The van der Waals surface area contributed by atoms with E-state index >= 15 is 0 Å². The molecule has 0 bridgehead atoms. The third-order valence-corrected chi connectivity index (χ3v) is 7.79. The maximum absolute atomic E-state index is 13.5. The molecular formula is C28H40N4O4S. The summed E-state index contributed by atoms with van der Waals surface area (Å²) in [6.45, 7) is 11.1. The predicted molar refractivity (Wildman–Crippen MR) is 146 cm³/mol. The lowest BCUT2D eigenvalue weighted by atomic mass is 9.85. The standard InChI is InChI=1S/C28H40N4O4S/c1-7-8-9-22(19-10-12-20(13-11-19)24-17(2)29-16-37-24)31-26(35)23-14-21(34)15-32(23)27(36)25(28(4,5)6)30-18(3)33/h10-13,16,21-23,25,34H,7-9,14-15H2,1-6H3,(H,30,33)(H,31,35)/t21-,22+,23+,25-/m1/s1. The molecule has 1 fully saturated rings. The monoisotopic (exact) mass is 528 g/mol. The van der Waals surface area contributed by atoms with Crippen LogP contribution in [0.15, 0.2) is 29.8 Å². The number of carbonyl (C=O) groups excluding carboxylic acids is 3. The lowest BCUT2D eigenvalue weighted by molar-refractivity contribution is -0.144. The average Bonchev–Trinajstić information content (AvgIpc) is 3.44. The van der Waals surface area contributed by atoms with E-state index in [2.05, 4.69) is 34.7 Å². The minimum Gasteiger partial charge on any atom is -0.391 e. The van der Waals surface area contributed by atoms with Crippen molar-refractivity contribution in [1.82, 2.24) is 20.5 Å². The molecule has 8 nitrogen and oxygen atoms in total. The molecule has 0 unspecified atom stereocenters. The highest BCUT2D eigenvalue weighted by Gasteiger charge is 2.44. The molecule has 202 valence electrons. The third-order valence-electron chi connectivity index (χ3n) is 6.81. The maximum atomic E-state index is 13.5. The molecule has 1 aromatic heterocycles. The van der Waals surface area contributed by atoms with E-state index < -0.39 is 23.6 Å². The van der Waals surface area contributed by atoms with Gasteiger partial charge in [-0.1, -0.05) is 64.8 Å². The Labute approximate surface area is 223 Å². The number of amides is 3. The van der Waals surface area contributed by atoms with E-state index in [0.717, 1.165) is 41.0 Å². The summed E-state index contributed by atoms with van der Waals surface area (Å²) >= 11 is 1.60. The van der Waals surface area contributed by atoms with Gasteiger partial charge in [-0.05, 0) is 29.9 Å². The van der Waals surface area contributed by atoms with Gasteiger partial charge in [-0.15, -0.1) is 11.3 Å². The van der Waals surface area contributed by atoms with Gasteiger partial charge < -0.3 is 20.6 Å². The molecule has 1 aliphatic heterocycles. The molecule has 4 atom stereocenters. The number of aryl methyl sites for hydroxylation is 1. The number of aliphatic hydroxyl groups excluding tert-OH is 1. The summed E-state index contributed by atoms with van der Waals surface area (Å²) < 4.78 is 0. The Balaban J connectivity index is 1.81. The van der Waals surface area contributed by atoms with Crippen LogP contribution in [0.25, 0.3) is 10.4 Å². The highest BCUT2D eigenvalue weighted by atomic mass is 32.1. The van der Waals surface area contributed by atoms with Gasteiger partial charge >= 0.3 is 0 Å². The van der Waals surface area contributed by atoms with Crippen molar-refractivity contribution in [3.05, 3.63) is 41.0 Å². The zero-order valence-electron chi connectivity index (χ0n) is 22.7. The summed E-state index contributed by atoms with van der Waals surface area (Å²) in [7, 11) is 0. The molecule has 1 aliphatic rings. The molecule has 3 amide bonds. The predicted octanol–water partition coefficient (Wildman–Crippen LogP) is 3.98. The molecule has 0 spiro atoms. The van der Waals surface area contributed by atoms with E-state index in [1.54, 1.807) is 11.3 Å². The van der Waals surface area contributed by atoms with Gasteiger partial charge in [-0.2, -0.15) is 0 Å². The number of benzene rings is 1. The lowest BCUT2D eigenvalue weighted by Gasteiger charge is -2.35. The van der Waals surface area contributed by atoms with Crippen molar-refractivity contribution in [2.24, 2.45) is 5.41 Å². The van der Waals surface area contributed by atoms with Gasteiger partial charge in [0.25, 0.3) is 0 Å². The smallest absolute Gasteiger partial charge is 0.246 e. The second-order valence-corrected chi connectivity index (χ2v) is 11.8. The van der Waals surface area contributed by atoms with Crippen LogP contribution in [-0.2, 0) is 14.4 Å². The zero-order chi connectivity index (χ0) is 27.3. The minimum absolute atomic E-state index is 0.0611. The fraction of sp³-hybridized carbons (Fsp3) is 0.571. The summed E-state index contributed by atoms with van der Waals surface area (Å²) in [5, 5.41) is 16.3. The van der Waals surface area contributed by atoms with E-state index in [0.29, 0.717) is 0 Å². The number of aliphatic hydroxyl groups is 1. The Morgan fingerprint density at radius 3 is 2.41 bits per heavy atom. The van der Waals surface area contributed by atoms with Gasteiger partial charge in [0.1, 0.15) is 12.1 Å². The van der Waals surface area contributed by atoms with Crippen LogP contribution in [0.3, 0.4) is 0 Å². The number of rotatable bonds is 9. The number of β-amino-alcohol motifs (C(OH)–C–C–N with tert-alkyl or cyclic N) is 1. The highest BCUT2D eigenvalue weighted by molar-refractivity contribution is 7.13. The van der Waals surface area contributed by atoms with Crippen LogP contribution in [0.4, 0.5) is 0 Å². The van der Waals surface area contributed by atoms with Crippen molar-refractivity contribution in [1.29, 1.82) is 0 Å². The molecule has 37 heavy (non-hydrogen) atoms. The van der Waals surface area contributed by atoms with Crippen LogP contribution >= 0.6 is 11.3 Å². The van der Waals surface area contributed by atoms with Crippen molar-refractivity contribution in [3.8, 4) is 10.4 Å². The first-order valence-corrected chi connectivity index (χ1v) is 13.9. The summed E-state index contributed by atoms with van der Waals surface area (Å²) in [4.78, 5) is 45.7. The Morgan fingerprint density at radius 1 is 1.19 bits per heavy atom. The molecule has 0 aliphatic carbocycles. The number of thiazole rings is 1. The zero-order valence-corrected chi connectivity index (χ0v) is 23.5. The first-order chi connectivity index (χ1) is 17.4. The SMILES string of the molecule is CCCC[C@H](NC(=O)[C@@H]1C[C@@H](O)CN1C(=O)[C@@H](NC(C)=O)C(C)(C)C)c1ccc(-c2scnc2C)cc1. The van der Waals surface area contributed by atoms with E-state index in [4.69, 9.17) is 0 Å². The van der Waals surface area contributed by atoms with E-state index in [9.17, 15) is 19.5 Å². The fourth-order valence-electron chi connectivity index (χ4n) is 4.77. The van der Waals surface area contributed by atoms with Crippen molar-refractivity contribution in [2.45, 2.75) is 91.5 Å². The average molecular weight is 529 g/mol. The molecule has 0 saturated carbocycles. The molecule has 1 aromatic carbocycles. The molecule has 2 aromatic rings. The number of nitrogens with zero attached hydrogens (tertiary/aromatic N) is 2. The van der Waals surface area contributed by atoms with Gasteiger partial charge in [-0.25, -0.2) is 4.98 Å². The summed E-state index contributed by atoms with van der Waals surface area (Å²) in [5.41, 5.74) is 4.36. The van der Waals surface area contributed by atoms with Crippen LogP contribution in [-0.4, -0.2) is 57.4 Å². The van der Waals surface area contributed by atoms with Crippen LogP contribution < -0.4 is 10.6 Å². The highest BCUT2D eigenvalue weighted by Crippen LogP contribution is 2.30. The van der Waals surface area contributed by atoms with Crippen molar-refractivity contribution in [3.63, 3.8) is 0 Å². The van der Waals surface area contributed by atoms with Gasteiger partial charge in [0.2, 0.25) is 17.7 Å². The van der Waals surface area contributed by atoms with Gasteiger partial charge in [0.05, 0.1) is 28.2 Å². The number of likely N-dealkylation sites (tertiary alicyclic amines) is 1. The number of carbonyl (C=O) groups is 3. The number of hydrogen-bond donors (Lipinski definition) is 3. The molecule has 3 rings (SSSR count). The minimum atomic E-state index is -0.802. The topological polar surface area (TPSA) is 112 Å². The Morgan fingerprint density at radius 2 is 1.86 bits per heavy atom. The van der Waals surface area contributed by atoms with E-state index in [-0.39, 0.29) is 36.7 Å². The largest absolute Gasteiger partial charge is 0.391 e. The van der Waals surface area contributed by atoms with Gasteiger partial charge in [0, 0.05) is 19.9 Å². The molecule has 9 heteroatoms. The Hall–Kier alpha value is -2.78. The normalized spacial score (nSPS) is 19.4. The van der Waals surface area contributed by atoms with Crippen molar-refractivity contribution in [2.75, 3.05) is 6.54 Å². The van der Waals surface area contributed by atoms with Crippen LogP contribution in [0, 0.1) is 12.3 Å². The molecular weight excluding hydrogens is 488 g/mol. The second kappa shape index (κ2) is 12.2. The summed E-state index contributed by atoms with van der Waals surface area (Å²) in [5.74, 6) is -0.955. The number of hydrogen-bond acceptors (Lipinski definition) is 6. The van der Waals surface area contributed by atoms with Gasteiger partial charge in [-0.3, -0.25) is 14.4 Å². The van der Waals surface area contributed by atoms with E-state index in [1.807, 2.05) is 45.3 Å². The molecule has 1 saturated heterocycles. The molecule has 3 N–H and O–H groups in total. The van der Waals surface area contributed by atoms with Crippen LogP contribution in [0.2, 0.25) is 0 Å². The quantitative estimate of drug-likeness (QED) is 0.456. The van der Waals surface area contributed by atoms with Crippen LogP contribution in [0.1, 0.15) is 77.6 Å². The maximum Gasteiger partial charge on any atom is 0.246 e. The van der Waals surface area contributed by atoms with Gasteiger partial charge in [0.15, 0.2) is 0 Å². The number of unbranched alkanes of at least 4 members (excludes halogenated alkanes) is 1. The van der Waals surface area contributed by atoms with E-state index in [1.165, 1.54) is 11.8 Å². The second-order valence-electron chi connectivity index (χ2n) is 11.0.